The summed E-state index contributed by atoms with van der Waals surface area (Å²) in [5.74, 6) is -0.488. The molecule has 8 nitrogen and oxygen atoms in total. The van der Waals surface area contributed by atoms with Gasteiger partial charge in [0.25, 0.3) is 5.91 Å². The van der Waals surface area contributed by atoms with Crippen LogP contribution in [0.1, 0.15) is 20.7 Å². The van der Waals surface area contributed by atoms with Crippen molar-refractivity contribution in [3.63, 3.8) is 0 Å². The average molecular weight is 496 g/mol. The van der Waals surface area contributed by atoms with Crippen molar-refractivity contribution in [2.75, 3.05) is 12.0 Å². The first-order valence-corrected chi connectivity index (χ1v) is 10.7. The normalized spacial score (nSPS) is 11.1. The zero-order valence-corrected chi connectivity index (χ0v) is 19.1. The molecular formula is C24H15Cl2N3O5. The van der Waals surface area contributed by atoms with Gasteiger partial charge in [-0.1, -0.05) is 23.2 Å². The van der Waals surface area contributed by atoms with E-state index < -0.39 is 11.8 Å². The fraction of sp³-hybridized carbons (Fsp3) is 0.0417. The van der Waals surface area contributed by atoms with E-state index in [1.165, 1.54) is 30.7 Å². The van der Waals surface area contributed by atoms with Gasteiger partial charge in [0.1, 0.15) is 5.58 Å². The van der Waals surface area contributed by atoms with Crippen molar-refractivity contribution >= 4 is 68.5 Å². The number of halogens is 2. The molecule has 2 amide bonds. The summed E-state index contributed by atoms with van der Waals surface area (Å²) in [6, 6.07) is 11.2. The van der Waals surface area contributed by atoms with E-state index in [4.69, 9.17) is 42.5 Å². The zero-order valence-electron chi connectivity index (χ0n) is 17.5. The third-order valence-electron chi connectivity index (χ3n) is 5.30. The molecule has 5 rings (SSSR count). The lowest BCUT2D eigenvalue weighted by Crippen LogP contribution is -2.26. The standard InChI is InChI=1S/C24H15Cl2N3O5/c1-32-18-7-5-13(23(27)30)20-14-9-12(4-6-17(14)34-22(18)20)24(31)29(19-3-2-8-33-19)21-15(25)10-28-11-16(21)26/h2-11H,1H3,(H2,27,30). The minimum Gasteiger partial charge on any atom is -0.493 e. The fourth-order valence-electron chi connectivity index (χ4n) is 3.81. The second-order valence-electron chi connectivity index (χ2n) is 7.24. The zero-order chi connectivity index (χ0) is 24.0. The predicted octanol–water partition coefficient (Wildman–Crippen LogP) is 5.97. The van der Waals surface area contributed by atoms with Crippen LogP contribution in [0.5, 0.6) is 5.75 Å². The number of fused-ring (bicyclic) bond motifs is 3. The number of furan rings is 2. The molecule has 0 spiro atoms. The number of ether oxygens (including phenoxy) is 1. The number of primary amides is 1. The number of aromatic nitrogens is 1. The topological polar surface area (TPSA) is 112 Å². The number of benzene rings is 2. The van der Waals surface area contributed by atoms with E-state index >= 15 is 0 Å². The molecule has 3 aromatic heterocycles. The minimum absolute atomic E-state index is 0.160. The monoisotopic (exact) mass is 495 g/mol. The highest BCUT2D eigenvalue weighted by Crippen LogP contribution is 2.40. The van der Waals surface area contributed by atoms with Gasteiger partial charge in [-0.2, -0.15) is 0 Å². The number of amides is 2. The molecule has 0 aliphatic rings. The molecule has 0 saturated heterocycles. The van der Waals surface area contributed by atoms with Gasteiger partial charge in [-0.25, -0.2) is 4.90 Å². The molecule has 0 atom stereocenters. The summed E-state index contributed by atoms with van der Waals surface area (Å²) in [6.07, 6.45) is 4.19. The van der Waals surface area contributed by atoms with Crippen LogP contribution in [0, 0.1) is 0 Å². The van der Waals surface area contributed by atoms with Crippen molar-refractivity contribution in [2.24, 2.45) is 5.73 Å². The van der Waals surface area contributed by atoms with Crippen LogP contribution in [-0.4, -0.2) is 23.9 Å². The maximum absolute atomic E-state index is 13.8. The molecule has 0 fully saturated rings. The molecule has 0 aliphatic carbocycles. The highest BCUT2D eigenvalue weighted by atomic mass is 35.5. The number of carbonyl (C=O) groups excluding carboxylic acids is 2. The van der Waals surface area contributed by atoms with E-state index in [1.54, 1.807) is 42.5 Å². The number of hydrogen-bond donors (Lipinski definition) is 1. The third kappa shape index (κ3) is 3.44. The number of rotatable bonds is 5. The van der Waals surface area contributed by atoms with Crippen LogP contribution in [0.3, 0.4) is 0 Å². The highest BCUT2D eigenvalue weighted by molar-refractivity contribution is 6.40. The number of nitrogens with two attached hydrogens (primary N) is 1. The Hall–Kier alpha value is -4.01. The number of anilines is 2. The van der Waals surface area contributed by atoms with E-state index in [0.717, 1.165) is 0 Å². The van der Waals surface area contributed by atoms with E-state index in [1.807, 2.05) is 0 Å². The van der Waals surface area contributed by atoms with Gasteiger partial charge in [-0.15, -0.1) is 0 Å². The molecule has 0 radical (unpaired) electrons. The molecule has 3 heterocycles. The minimum atomic E-state index is -0.639. The van der Waals surface area contributed by atoms with Crippen molar-refractivity contribution in [2.45, 2.75) is 0 Å². The van der Waals surface area contributed by atoms with Gasteiger partial charge in [0.2, 0.25) is 11.8 Å². The van der Waals surface area contributed by atoms with Gasteiger partial charge in [0.05, 0.1) is 34.7 Å². The van der Waals surface area contributed by atoms with Crippen LogP contribution >= 0.6 is 23.2 Å². The van der Waals surface area contributed by atoms with Crippen LogP contribution in [0.15, 0.2) is 70.0 Å². The smallest absolute Gasteiger partial charge is 0.265 e. The lowest BCUT2D eigenvalue weighted by atomic mass is 10.0. The maximum atomic E-state index is 13.8. The molecule has 34 heavy (non-hydrogen) atoms. The largest absolute Gasteiger partial charge is 0.493 e. The van der Waals surface area contributed by atoms with E-state index in [2.05, 4.69) is 4.98 Å². The van der Waals surface area contributed by atoms with E-state index in [-0.39, 0.29) is 32.7 Å². The molecular weight excluding hydrogens is 481 g/mol. The Morgan fingerprint density at radius 1 is 1.09 bits per heavy atom. The van der Waals surface area contributed by atoms with E-state index in [9.17, 15) is 9.59 Å². The van der Waals surface area contributed by atoms with Crippen molar-refractivity contribution in [3.8, 4) is 5.75 Å². The Balaban J connectivity index is 1.74. The van der Waals surface area contributed by atoms with Gasteiger partial charge in [0.15, 0.2) is 11.3 Å². The predicted molar refractivity (Wildman–Crippen MR) is 128 cm³/mol. The van der Waals surface area contributed by atoms with Gasteiger partial charge in [-0.3, -0.25) is 14.6 Å². The lowest BCUT2D eigenvalue weighted by Gasteiger charge is -2.22. The van der Waals surface area contributed by atoms with Crippen molar-refractivity contribution in [3.05, 3.63) is 82.3 Å². The second-order valence-corrected chi connectivity index (χ2v) is 8.05. The number of hydrogen-bond acceptors (Lipinski definition) is 6. The summed E-state index contributed by atoms with van der Waals surface area (Å²) >= 11 is 12.7. The summed E-state index contributed by atoms with van der Waals surface area (Å²) < 4.78 is 16.8. The third-order valence-corrected chi connectivity index (χ3v) is 5.85. The molecule has 5 aromatic rings. The van der Waals surface area contributed by atoms with Gasteiger partial charge in [-0.05, 0) is 36.4 Å². The first-order valence-electron chi connectivity index (χ1n) is 9.90. The highest BCUT2D eigenvalue weighted by Gasteiger charge is 2.28. The second kappa shape index (κ2) is 8.40. The van der Waals surface area contributed by atoms with Gasteiger partial charge >= 0.3 is 0 Å². The van der Waals surface area contributed by atoms with Crippen LogP contribution in [0.4, 0.5) is 11.6 Å². The van der Waals surface area contributed by atoms with Crippen molar-refractivity contribution in [1.82, 2.24) is 4.98 Å². The Bertz CT molecular complexity index is 1560. The summed E-state index contributed by atoms with van der Waals surface area (Å²) in [5, 5.41) is 1.28. The number of pyridine rings is 1. The molecule has 2 N–H and O–H groups in total. The van der Waals surface area contributed by atoms with Crippen LogP contribution in [0.25, 0.3) is 21.9 Å². The number of methoxy groups -OCH3 is 1. The maximum Gasteiger partial charge on any atom is 0.265 e. The van der Waals surface area contributed by atoms with Crippen molar-refractivity contribution < 1.29 is 23.2 Å². The van der Waals surface area contributed by atoms with Gasteiger partial charge in [0, 0.05) is 34.8 Å². The molecule has 0 aliphatic heterocycles. The summed E-state index contributed by atoms with van der Waals surface area (Å²) in [5.41, 5.74) is 7.11. The number of nitrogens with zero attached hydrogens (tertiary/aromatic N) is 2. The Kier molecular flexibility index (Phi) is 5.39. The Morgan fingerprint density at radius 2 is 1.85 bits per heavy atom. The van der Waals surface area contributed by atoms with Gasteiger partial charge < -0.3 is 19.3 Å². The van der Waals surface area contributed by atoms with Crippen LogP contribution in [0.2, 0.25) is 10.0 Å². The molecule has 0 unspecified atom stereocenters. The van der Waals surface area contributed by atoms with Crippen LogP contribution < -0.4 is 15.4 Å². The van der Waals surface area contributed by atoms with E-state index in [0.29, 0.717) is 27.7 Å². The Morgan fingerprint density at radius 3 is 2.50 bits per heavy atom. The summed E-state index contributed by atoms with van der Waals surface area (Å²) in [7, 11) is 1.49. The Labute approximate surface area is 202 Å². The van der Waals surface area contributed by atoms with Crippen molar-refractivity contribution in [1.29, 1.82) is 0 Å². The molecule has 170 valence electrons. The molecule has 0 saturated carbocycles. The summed E-state index contributed by atoms with van der Waals surface area (Å²) in [6.45, 7) is 0. The molecule has 0 bridgehead atoms. The number of carbonyl (C=O) groups is 2. The first kappa shape index (κ1) is 21.8. The van der Waals surface area contributed by atoms with Crippen LogP contribution in [-0.2, 0) is 0 Å². The average Bonchev–Trinajstić information content (AvgIpc) is 3.48. The first-order chi connectivity index (χ1) is 16.4. The quantitative estimate of drug-likeness (QED) is 0.321. The summed E-state index contributed by atoms with van der Waals surface area (Å²) in [4.78, 5) is 31.1. The SMILES string of the molecule is COc1ccc(C(N)=O)c2c1oc1ccc(C(=O)N(c3ccco3)c3c(Cl)cncc3Cl)cc12. The molecule has 10 heteroatoms. The fourth-order valence-corrected chi connectivity index (χ4v) is 4.35. The lowest BCUT2D eigenvalue weighted by molar-refractivity contribution is 0.0990. The molecule has 2 aromatic carbocycles.